The summed E-state index contributed by atoms with van der Waals surface area (Å²) in [5.41, 5.74) is 1.93. The fourth-order valence-electron chi connectivity index (χ4n) is 3.38. The normalized spacial score (nSPS) is 11.0. The molecule has 0 atom stereocenters. The molecule has 0 aliphatic carbocycles. The van der Waals surface area contributed by atoms with Gasteiger partial charge in [-0.2, -0.15) is 0 Å². The number of aryl methyl sites for hydroxylation is 2. The van der Waals surface area contributed by atoms with Crippen molar-refractivity contribution in [2.24, 2.45) is 7.05 Å². The fraction of sp³-hybridized carbons (Fsp3) is 0.391. The smallest absolute Gasteiger partial charge is 0.344 e. The van der Waals surface area contributed by atoms with Crippen molar-refractivity contribution in [3.8, 4) is 0 Å². The van der Waals surface area contributed by atoms with Crippen LogP contribution in [-0.2, 0) is 18.3 Å². The standard InChI is InChI=1S/C23H29N2O2/c1-24-15-10-12-21(19-24)23(26)27-18-9-5-3-2-4-8-16-25-17-14-20-11-6-7-13-22(20)25/h6-7,10-15,17,19H,2-5,8-9,16,18H2,1H3/q+1. The van der Waals surface area contributed by atoms with Crippen molar-refractivity contribution in [1.82, 2.24) is 4.57 Å². The number of carbonyl (C=O) groups excluding carboxylic acids is 1. The van der Waals surface area contributed by atoms with Crippen LogP contribution < -0.4 is 4.57 Å². The van der Waals surface area contributed by atoms with Crippen molar-refractivity contribution in [3.05, 3.63) is 66.6 Å². The van der Waals surface area contributed by atoms with Crippen LogP contribution in [0.1, 0.15) is 48.9 Å². The summed E-state index contributed by atoms with van der Waals surface area (Å²) >= 11 is 0. The van der Waals surface area contributed by atoms with Crippen LogP contribution in [0.25, 0.3) is 10.9 Å². The molecule has 0 radical (unpaired) electrons. The second-order valence-electron chi connectivity index (χ2n) is 7.08. The summed E-state index contributed by atoms with van der Waals surface area (Å²) < 4.78 is 9.54. The lowest BCUT2D eigenvalue weighted by Crippen LogP contribution is -2.28. The van der Waals surface area contributed by atoms with E-state index in [2.05, 4.69) is 41.1 Å². The Bertz CT molecular complexity index is 869. The number of fused-ring (bicyclic) bond motifs is 1. The van der Waals surface area contributed by atoms with Crippen molar-refractivity contribution < 1.29 is 14.1 Å². The Hall–Kier alpha value is -2.62. The maximum Gasteiger partial charge on any atom is 0.344 e. The van der Waals surface area contributed by atoms with Gasteiger partial charge in [0.05, 0.1) is 6.61 Å². The summed E-state index contributed by atoms with van der Waals surface area (Å²) in [5.74, 6) is -0.231. The average Bonchev–Trinajstić information content (AvgIpc) is 3.09. The molecular weight excluding hydrogens is 336 g/mol. The largest absolute Gasteiger partial charge is 0.462 e. The highest BCUT2D eigenvalue weighted by Crippen LogP contribution is 2.16. The number of esters is 1. The first kappa shape index (κ1) is 19.2. The van der Waals surface area contributed by atoms with Crippen LogP contribution in [0.3, 0.4) is 0 Å². The molecule has 4 heteroatoms. The summed E-state index contributed by atoms with van der Waals surface area (Å²) in [6, 6.07) is 14.4. The lowest BCUT2D eigenvalue weighted by atomic mass is 10.1. The monoisotopic (exact) mass is 365 g/mol. The minimum Gasteiger partial charge on any atom is -0.462 e. The van der Waals surface area contributed by atoms with Crippen molar-refractivity contribution in [2.75, 3.05) is 6.61 Å². The zero-order valence-corrected chi connectivity index (χ0v) is 16.1. The molecule has 2 aromatic heterocycles. The predicted octanol–water partition coefficient (Wildman–Crippen LogP) is 4.66. The molecule has 1 aromatic carbocycles. The van der Waals surface area contributed by atoms with Gasteiger partial charge in [-0.25, -0.2) is 9.36 Å². The molecule has 0 spiro atoms. The van der Waals surface area contributed by atoms with Gasteiger partial charge in [-0.05, 0) is 36.4 Å². The number of rotatable bonds is 10. The van der Waals surface area contributed by atoms with E-state index in [9.17, 15) is 4.79 Å². The van der Waals surface area contributed by atoms with Crippen molar-refractivity contribution in [3.63, 3.8) is 0 Å². The van der Waals surface area contributed by atoms with Crippen LogP contribution in [0.4, 0.5) is 0 Å². The molecule has 0 saturated heterocycles. The quantitative estimate of drug-likeness (QED) is 0.297. The van der Waals surface area contributed by atoms with Gasteiger partial charge < -0.3 is 9.30 Å². The van der Waals surface area contributed by atoms with E-state index >= 15 is 0 Å². The molecule has 3 rings (SSSR count). The second-order valence-corrected chi connectivity index (χ2v) is 7.08. The Morgan fingerprint density at radius 3 is 2.59 bits per heavy atom. The molecule has 0 saturated carbocycles. The molecule has 0 unspecified atom stereocenters. The number of unbranched alkanes of at least 4 members (excludes halogenated alkanes) is 5. The third-order valence-corrected chi connectivity index (χ3v) is 4.88. The van der Waals surface area contributed by atoms with E-state index in [1.54, 1.807) is 12.3 Å². The van der Waals surface area contributed by atoms with Crippen molar-refractivity contribution in [2.45, 2.75) is 45.1 Å². The number of benzene rings is 1. The lowest BCUT2D eigenvalue weighted by Gasteiger charge is -2.06. The Morgan fingerprint density at radius 2 is 1.74 bits per heavy atom. The zero-order chi connectivity index (χ0) is 18.9. The average molecular weight is 365 g/mol. The van der Waals surface area contributed by atoms with E-state index in [1.165, 1.54) is 36.6 Å². The Labute approximate surface area is 161 Å². The molecular formula is C23H29N2O2+. The van der Waals surface area contributed by atoms with E-state index in [0.29, 0.717) is 12.2 Å². The predicted molar refractivity (Wildman–Crippen MR) is 108 cm³/mol. The molecule has 0 fully saturated rings. The molecule has 0 aliphatic heterocycles. The number of hydrogen-bond acceptors (Lipinski definition) is 2. The molecule has 0 N–H and O–H groups in total. The van der Waals surface area contributed by atoms with Gasteiger partial charge in [0.25, 0.3) is 0 Å². The van der Waals surface area contributed by atoms with E-state index in [4.69, 9.17) is 4.74 Å². The van der Waals surface area contributed by atoms with E-state index < -0.39 is 0 Å². The highest BCUT2D eigenvalue weighted by Gasteiger charge is 2.09. The summed E-state index contributed by atoms with van der Waals surface area (Å²) in [7, 11) is 1.90. The topological polar surface area (TPSA) is 35.1 Å². The SMILES string of the molecule is C[n+]1cccc(C(=O)OCCCCCCCCn2ccc3ccccc32)c1. The van der Waals surface area contributed by atoms with Crippen LogP contribution in [0, 0.1) is 0 Å². The van der Waals surface area contributed by atoms with Crippen LogP contribution in [0.15, 0.2) is 61.1 Å². The summed E-state index contributed by atoms with van der Waals surface area (Å²) in [6.07, 6.45) is 12.8. The first-order valence-corrected chi connectivity index (χ1v) is 9.90. The van der Waals surface area contributed by atoms with Gasteiger partial charge in [0.15, 0.2) is 12.4 Å². The van der Waals surface area contributed by atoms with Crippen molar-refractivity contribution in [1.29, 1.82) is 0 Å². The van der Waals surface area contributed by atoms with E-state index in [0.717, 1.165) is 19.4 Å². The highest BCUT2D eigenvalue weighted by atomic mass is 16.5. The minimum absolute atomic E-state index is 0.231. The molecule has 3 aromatic rings. The third kappa shape index (κ3) is 5.68. The van der Waals surface area contributed by atoms with Gasteiger partial charge in [0.1, 0.15) is 12.6 Å². The number of aromatic nitrogens is 2. The second kappa shape index (κ2) is 9.91. The lowest BCUT2D eigenvalue weighted by molar-refractivity contribution is -0.671. The maximum absolute atomic E-state index is 11.9. The number of ether oxygens (including phenoxy) is 1. The Kier molecular flexibility index (Phi) is 7.03. The highest BCUT2D eigenvalue weighted by molar-refractivity contribution is 5.88. The van der Waals surface area contributed by atoms with E-state index in [1.807, 2.05) is 23.9 Å². The molecule has 0 aliphatic rings. The maximum atomic E-state index is 11.9. The van der Waals surface area contributed by atoms with Crippen LogP contribution in [-0.4, -0.2) is 17.1 Å². The first-order chi connectivity index (χ1) is 13.2. The number of nitrogens with zero attached hydrogens (tertiary/aromatic N) is 2. The third-order valence-electron chi connectivity index (χ3n) is 4.88. The van der Waals surface area contributed by atoms with Gasteiger partial charge in [-0.1, -0.05) is 43.9 Å². The molecule has 27 heavy (non-hydrogen) atoms. The summed E-state index contributed by atoms with van der Waals surface area (Å²) in [6.45, 7) is 1.59. The van der Waals surface area contributed by atoms with Gasteiger partial charge in [-0.15, -0.1) is 0 Å². The van der Waals surface area contributed by atoms with Crippen LogP contribution >= 0.6 is 0 Å². The number of pyridine rings is 1. The van der Waals surface area contributed by atoms with Crippen LogP contribution in [0.2, 0.25) is 0 Å². The zero-order valence-electron chi connectivity index (χ0n) is 16.1. The molecule has 2 heterocycles. The Balaban J connectivity index is 1.23. The number of carbonyl (C=O) groups is 1. The summed E-state index contributed by atoms with van der Waals surface area (Å²) in [5, 5.41) is 1.32. The fourth-order valence-corrected chi connectivity index (χ4v) is 3.38. The van der Waals surface area contributed by atoms with Gasteiger partial charge in [0.2, 0.25) is 0 Å². The van der Waals surface area contributed by atoms with Gasteiger partial charge >= 0.3 is 5.97 Å². The number of para-hydroxylation sites is 1. The van der Waals surface area contributed by atoms with Crippen molar-refractivity contribution >= 4 is 16.9 Å². The first-order valence-electron chi connectivity index (χ1n) is 9.90. The van der Waals surface area contributed by atoms with Crippen LogP contribution in [0.5, 0.6) is 0 Å². The number of hydrogen-bond donors (Lipinski definition) is 0. The molecule has 142 valence electrons. The molecule has 0 bridgehead atoms. The molecule has 4 nitrogen and oxygen atoms in total. The summed E-state index contributed by atoms with van der Waals surface area (Å²) in [4.78, 5) is 11.9. The van der Waals surface area contributed by atoms with E-state index in [-0.39, 0.29) is 5.97 Å². The van der Waals surface area contributed by atoms with Gasteiger partial charge in [0, 0.05) is 24.3 Å². The molecule has 0 amide bonds. The van der Waals surface area contributed by atoms with Gasteiger partial charge in [-0.3, -0.25) is 0 Å². The Morgan fingerprint density at radius 1 is 0.963 bits per heavy atom. The minimum atomic E-state index is -0.231.